The highest BCUT2D eigenvalue weighted by atomic mass is 19.4. The molecule has 0 spiro atoms. The van der Waals surface area contributed by atoms with Gasteiger partial charge in [-0.2, -0.15) is 13.2 Å². The summed E-state index contributed by atoms with van der Waals surface area (Å²) in [7, 11) is 1.13. The number of nitrogens with zero attached hydrogens (tertiary/aromatic N) is 5. The number of alkyl halides is 3. The molecule has 178 valence electrons. The van der Waals surface area contributed by atoms with E-state index in [1.807, 2.05) is 0 Å². The van der Waals surface area contributed by atoms with Crippen LogP contribution >= 0.6 is 0 Å². The lowest BCUT2D eigenvalue weighted by molar-refractivity contribution is -0.183. The number of methoxy groups -OCH3 is 1. The normalized spacial score (nSPS) is 18.1. The topological polar surface area (TPSA) is 81.6 Å². The molecule has 1 aliphatic rings. The molecule has 0 aliphatic carbocycles. The lowest BCUT2D eigenvalue weighted by Gasteiger charge is -2.30. The van der Waals surface area contributed by atoms with Crippen molar-refractivity contribution in [3.05, 3.63) is 53.7 Å². The Morgan fingerprint density at radius 1 is 1.15 bits per heavy atom. The number of hydrogen-bond donors (Lipinski definition) is 1. The molecule has 0 saturated carbocycles. The second-order valence-corrected chi connectivity index (χ2v) is 8.18. The second kappa shape index (κ2) is 8.13. The summed E-state index contributed by atoms with van der Waals surface area (Å²) < 4.78 is 77.0. The molecule has 0 amide bonds. The zero-order chi connectivity index (χ0) is 24.2. The van der Waals surface area contributed by atoms with Crippen molar-refractivity contribution in [1.29, 1.82) is 0 Å². The van der Waals surface area contributed by atoms with Crippen LogP contribution in [0.2, 0.25) is 0 Å². The fraction of sp³-hybridized carbons (Fsp3) is 0.318. The van der Waals surface area contributed by atoms with Crippen LogP contribution in [0.15, 0.2) is 36.5 Å². The third-order valence-corrected chi connectivity index (χ3v) is 5.94. The summed E-state index contributed by atoms with van der Waals surface area (Å²) in [5.41, 5.74) is 6.11. The molecular weight excluding hydrogens is 459 g/mol. The van der Waals surface area contributed by atoms with Gasteiger partial charge in [0.25, 0.3) is 0 Å². The van der Waals surface area contributed by atoms with Crippen molar-refractivity contribution >= 4 is 16.6 Å². The number of benzene rings is 1. The van der Waals surface area contributed by atoms with E-state index in [0.717, 1.165) is 13.2 Å². The summed E-state index contributed by atoms with van der Waals surface area (Å²) in [6, 6.07) is 4.61. The Labute approximate surface area is 190 Å². The maximum Gasteiger partial charge on any atom is 0.408 e. The summed E-state index contributed by atoms with van der Waals surface area (Å²) in [5.74, 6) is -2.33. The largest absolute Gasteiger partial charge is 0.491 e. The van der Waals surface area contributed by atoms with E-state index in [2.05, 4.69) is 15.2 Å². The van der Waals surface area contributed by atoms with E-state index in [1.54, 1.807) is 0 Å². The predicted molar refractivity (Wildman–Crippen MR) is 113 cm³/mol. The van der Waals surface area contributed by atoms with E-state index >= 15 is 0 Å². The molecule has 4 heterocycles. The molecule has 1 unspecified atom stereocenters. The third kappa shape index (κ3) is 3.72. The smallest absolute Gasteiger partial charge is 0.408 e. The molecule has 0 bridgehead atoms. The number of ether oxygens (including phenoxy) is 1. The number of halogens is 5. The first-order valence-electron chi connectivity index (χ1n) is 10.4. The predicted octanol–water partition coefficient (Wildman–Crippen LogP) is 3.87. The van der Waals surface area contributed by atoms with Crippen LogP contribution < -0.4 is 10.5 Å². The first-order chi connectivity index (χ1) is 16.2. The molecule has 1 aromatic carbocycles. The second-order valence-electron chi connectivity index (χ2n) is 8.18. The highest BCUT2D eigenvalue weighted by molar-refractivity contribution is 5.83. The first-order valence-corrected chi connectivity index (χ1v) is 10.4. The van der Waals surface area contributed by atoms with Crippen molar-refractivity contribution in [2.24, 2.45) is 5.73 Å². The Balaban J connectivity index is 1.63. The van der Waals surface area contributed by atoms with Crippen molar-refractivity contribution in [3.8, 4) is 17.3 Å². The number of hydrogen-bond acceptors (Lipinski definition) is 6. The quantitative estimate of drug-likeness (QED) is 0.449. The minimum Gasteiger partial charge on any atom is -0.491 e. The SMILES string of the molecule is COc1c(F)cc2ccc(-c3nnc4ccc([C@@H](N5CCC(N)C5)C(F)(F)F)cn34)nc2c1F. The average molecular weight is 478 g/mol. The molecular formula is C22H19F5N6O. The number of aromatic nitrogens is 4. The maximum atomic E-state index is 14.8. The van der Waals surface area contributed by atoms with Crippen LogP contribution in [0.4, 0.5) is 22.0 Å². The Hall–Kier alpha value is -3.38. The highest BCUT2D eigenvalue weighted by Gasteiger charge is 2.46. The van der Waals surface area contributed by atoms with Crippen LogP contribution in [-0.4, -0.2) is 56.9 Å². The molecule has 1 saturated heterocycles. The Morgan fingerprint density at radius 3 is 2.62 bits per heavy atom. The molecule has 2 N–H and O–H groups in total. The third-order valence-electron chi connectivity index (χ3n) is 5.94. The number of rotatable bonds is 4. The monoisotopic (exact) mass is 478 g/mol. The molecule has 12 heteroatoms. The van der Waals surface area contributed by atoms with Crippen LogP contribution in [0, 0.1) is 11.6 Å². The average Bonchev–Trinajstić information content (AvgIpc) is 3.39. The maximum absolute atomic E-state index is 14.8. The van der Waals surface area contributed by atoms with Gasteiger partial charge in [-0.1, -0.05) is 12.1 Å². The van der Waals surface area contributed by atoms with Crippen LogP contribution in [0.3, 0.4) is 0 Å². The zero-order valence-corrected chi connectivity index (χ0v) is 17.9. The number of pyridine rings is 2. The van der Waals surface area contributed by atoms with Crippen molar-refractivity contribution in [1.82, 2.24) is 24.5 Å². The lowest BCUT2D eigenvalue weighted by Crippen LogP contribution is -2.38. The van der Waals surface area contributed by atoms with Crippen LogP contribution in [-0.2, 0) is 0 Å². The van der Waals surface area contributed by atoms with Gasteiger partial charge in [0.1, 0.15) is 17.3 Å². The summed E-state index contributed by atoms with van der Waals surface area (Å²) in [5, 5.41) is 8.23. The number of nitrogens with two attached hydrogens (primary N) is 1. The van der Waals surface area contributed by atoms with E-state index in [4.69, 9.17) is 10.5 Å². The van der Waals surface area contributed by atoms with Gasteiger partial charge < -0.3 is 10.5 Å². The van der Waals surface area contributed by atoms with Gasteiger partial charge >= 0.3 is 6.18 Å². The molecule has 4 aromatic rings. The van der Waals surface area contributed by atoms with E-state index < -0.39 is 29.6 Å². The van der Waals surface area contributed by atoms with Crippen molar-refractivity contribution < 1.29 is 26.7 Å². The number of fused-ring (bicyclic) bond motifs is 2. The van der Waals surface area contributed by atoms with Crippen LogP contribution in [0.5, 0.6) is 5.75 Å². The molecule has 2 atom stereocenters. The minimum atomic E-state index is -4.53. The molecule has 3 aromatic heterocycles. The summed E-state index contributed by atoms with van der Waals surface area (Å²) in [6.45, 7) is 0.351. The lowest BCUT2D eigenvalue weighted by atomic mass is 10.1. The Kier molecular flexibility index (Phi) is 5.36. The molecule has 0 radical (unpaired) electrons. The van der Waals surface area contributed by atoms with Gasteiger partial charge in [-0.05, 0) is 30.2 Å². The van der Waals surface area contributed by atoms with Gasteiger partial charge in [0.15, 0.2) is 28.9 Å². The summed E-state index contributed by atoms with van der Waals surface area (Å²) in [6.07, 6.45) is -2.75. The van der Waals surface area contributed by atoms with E-state index in [-0.39, 0.29) is 52.8 Å². The molecule has 1 fully saturated rings. The van der Waals surface area contributed by atoms with E-state index in [1.165, 1.54) is 39.8 Å². The van der Waals surface area contributed by atoms with Crippen LogP contribution in [0.25, 0.3) is 28.1 Å². The molecule has 5 rings (SSSR count). The standard InChI is InChI=1S/C22H19F5N6O/c1-34-19-14(23)8-11-2-4-15(29-18(11)17(19)24)21-31-30-16-5-3-12(9-33(16)21)20(22(25,26)27)32-7-6-13(28)10-32/h2-5,8-9,13,20H,6-7,10,28H2,1H3/t13?,20-/m1/s1. The van der Waals surface area contributed by atoms with Crippen molar-refractivity contribution in [2.45, 2.75) is 24.7 Å². The molecule has 1 aliphatic heterocycles. The minimum absolute atomic E-state index is 0.00846. The molecule has 7 nitrogen and oxygen atoms in total. The number of likely N-dealkylation sites (tertiary alicyclic amines) is 1. The van der Waals surface area contributed by atoms with Crippen molar-refractivity contribution in [3.63, 3.8) is 0 Å². The summed E-state index contributed by atoms with van der Waals surface area (Å²) >= 11 is 0. The highest BCUT2D eigenvalue weighted by Crippen LogP contribution is 2.39. The van der Waals surface area contributed by atoms with Gasteiger partial charge in [-0.25, -0.2) is 13.8 Å². The van der Waals surface area contributed by atoms with Gasteiger partial charge in [-0.15, -0.1) is 10.2 Å². The van der Waals surface area contributed by atoms with E-state index in [9.17, 15) is 22.0 Å². The van der Waals surface area contributed by atoms with Gasteiger partial charge in [-0.3, -0.25) is 9.30 Å². The zero-order valence-electron chi connectivity index (χ0n) is 17.9. The molecule has 34 heavy (non-hydrogen) atoms. The fourth-order valence-corrected chi connectivity index (χ4v) is 4.39. The van der Waals surface area contributed by atoms with Crippen LogP contribution in [0.1, 0.15) is 18.0 Å². The van der Waals surface area contributed by atoms with Gasteiger partial charge in [0.2, 0.25) is 0 Å². The van der Waals surface area contributed by atoms with Crippen molar-refractivity contribution in [2.75, 3.05) is 20.2 Å². The first kappa shape index (κ1) is 22.4. The fourth-order valence-electron chi connectivity index (χ4n) is 4.39. The Bertz CT molecular complexity index is 1390. The van der Waals surface area contributed by atoms with Gasteiger partial charge in [0.05, 0.1) is 7.11 Å². The van der Waals surface area contributed by atoms with E-state index in [0.29, 0.717) is 6.42 Å². The summed E-state index contributed by atoms with van der Waals surface area (Å²) in [4.78, 5) is 5.54. The Morgan fingerprint density at radius 2 is 1.94 bits per heavy atom. The van der Waals surface area contributed by atoms with Gasteiger partial charge in [0, 0.05) is 30.7 Å².